The van der Waals surface area contributed by atoms with Crippen molar-refractivity contribution >= 4 is 46.8 Å². The highest BCUT2D eigenvalue weighted by Crippen LogP contribution is 2.34. The molecule has 154 valence electrons. The predicted octanol–water partition coefficient (Wildman–Crippen LogP) is 2.70. The molecule has 0 aromatic heterocycles. The van der Waals surface area contributed by atoms with Gasteiger partial charge in [0.05, 0.1) is 18.0 Å². The van der Waals surface area contributed by atoms with E-state index in [1.165, 1.54) is 23.8 Å². The van der Waals surface area contributed by atoms with Crippen LogP contribution in [-0.2, 0) is 19.2 Å². The van der Waals surface area contributed by atoms with Gasteiger partial charge in [0.1, 0.15) is 5.75 Å². The number of rotatable bonds is 7. The summed E-state index contributed by atoms with van der Waals surface area (Å²) in [4.78, 5) is 49.1. The number of hydrogen-bond donors (Lipinski definition) is 2. The van der Waals surface area contributed by atoms with Gasteiger partial charge in [0.25, 0.3) is 0 Å². The van der Waals surface area contributed by atoms with Gasteiger partial charge in [0.2, 0.25) is 17.7 Å². The first-order chi connectivity index (χ1) is 14.4. The summed E-state index contributed by atoms with van der Waals surface area (Å²) in [5, 5.41) is 10.5. The van der Waals surface area contributed by atoms with Crippen LogP contribution < -0.4 is 15.0 Å². The minimum atomic E-state index is -1.21. The summed E-state index contributed by atoms with van der Waals surface area (Å²) in [6.07, 6.45) is 1.76. The highest BCUT2D eigenvalue weighted by Gasteiger charge is 2.40. The van der Waals surface area contributed by atoms with Crippen LogP contribution in [0.3, 0.4) is 0 Å². The van der Waals surface area contributed by atoms with Crippen molar-refractivity contribution in [1.29, 1.82) is 0 Å². The average Bonchev–Trinajstić information content (AvgIpc) is 3.01. The number of ether oxygens (including phenoxy) is 1. The number of nitrogens with zero attached hydrogens (tertiary/aromatic N) is 1. The average molecular weight is 426 g/mol. The Bertz CT molecular complexity index is 1000. The highest BCUT2D eigenvalue weighted by atomic mass is 32.2. The number of nitrogens with one attached hydrogen (secondary N) is 1. The Morgan fingerprint density at radius 3 is 2.37 bits per heavy atom. The number of hydrogen-bond acceptors (Lipinski definition) is 6. The molecule has 2 aromatic rings. The molecule has 2 N–H and O–H groups in total. The Morgan fingerprint density at radius 1 is 1.10 bits per heavy atom. The van der Waals surface area contributed by atoms with Crippen molar-refractivity contribution in [2.24, 2.45) is 0 Å². The second kappa shape index (κ2) is 9.27. The third-order valence-electron chi connectivity index (χ3n) is 4.21. The maximum Gasteiger partial charge on any atom is 0.328 e. The summed E-state index contributed by atoms with van der Waals surface area (Å²) in [6, 6.07) is 13.4. The number of amides is 3. The van der Waals surface area contributed by atoms with Crippen molar-refractivity contribution in [2.75, 3.05) is 17.3 Å². The molecule has 1 aliphatic rings. The van der Waals surface area contributed by atoms with Gasteiger partial charge >= 0.3 is 5.97 Å². The molecule has 0 spiro atoms. The molecular formula is C21H18N2O6S. The van der Waals surface area contributed by atoms with E-state index < -0.39 is 17.1 Å². The molecule has 1 unspecified atom stereocenters. The number of carboxylic acids is 1. The summed E-state index contributed by atoms with van der Waals surface area (Å²) in [5.41, 5.74) is 0.981. The first kappa shape index (κ1) is 21.1. The third kappa shape index (κ3) is 5.06. The van der Waals surface area contributed by atoms with Crippen molar-refractivity contribution in [1.82, 2.24) is 0 Å². The summed E-state index contributed by atoms with van der Waals surface area (Å²) < 4.78 is 5.09. The van der Waals surface area contributed by atoms with Crippen LogP contribution in [0.25, 0.3) is 0 Å². The van der Waals surface area contributed by atoms with E-state index in [1.807, 2.05) is 0 Å². The quantitative estimate of drug-likeness (QED) is 0.517. The predicted molar refractivity (Wildman–Crippen MR) is 112 cm³/mol. The van der Waals surface area contributed by atoms with Crippen LogP contribution in [0.4, 0.5) is 11.4 Å². The smallest absolute Gasteiger partial charge is 0.328 e. The first-order valence-corrected chi connectivity index (χ1v) is 9.75. The molecule has 3 rings (SSSR count). The molecule has 0 radical (unpaired) electrons. The van der Waals surface area contributed by atoms with Gasteiger partial charge in [-0.25, -0.2) is 9.69 Å². The van der Waals surface area contributed by atoms with Crippen LogP contribution in [0, 0.1) is 0 Å². The van der Waals surface area contributed by atoms with Crippen molar-refractivity contribution < 1.29 is 29.0 Å². The van der Waals surface area contributed by atoms with Crippen LogP contribution in [0.5, 0.6) is 5.75 Å². The monoisotopic (exact) mass is 426 g/mol. The van der Waals surface area contributed by atoms with Crippen molar-refractivity contribution in [2.45, 2.75) is 16.6 Å². The topological polar surface area (TPSA) is 113 Å². The van der Waals surface area contributed by atoms with Crippen LogP contribution in [0.2, 0.25) is 0 Å². The van der Waals surface area contributed by atoms with Crippen molar-refractivity contribution in [3.05, 3.63) is 60.7 Å². The Hall–Kier alpha value is -3.59. The fourth-order valence-corrected chi connectivity index (χ4v) is 3.86. The minimum absolute atomic E-state index is 0.0913. The zero-order chi connectivity index (χ0) is 21.7. The number of aliphatic carboxylic acids is 1. The van der Waals surface area contributed by atoms with E-state index in [0.717, 1.165) is 17.0 Å². The maximum atomic E-state index is 12.8. The second-order valence-electron chi connectivity index (χ2n) is 6.26. The van der Waals surface area contributed by atoms with E-state index in [9.17, 15) is 19.2 Å². The molecule has 0 bridgehead atoms. The number of methoxy groups -OCH3 is 1. The normalized spacial score (nSPS) is 16.2. The fraction of sp³-hybridized carbons (Fsp3) is 0.143. The molecule has 0 aliphatic carbocycles. The standard InChI is InChI=1S/C21H18N2O6S/c1-29-15-6-4-14(5-7-15)23-19(25)12-17(21(23)28)30-16-8-2-13(3-9-16)22-18(24)10-11-20(26)27/h2-11,17H,12H2,1H3,(H,22,24)(H,26,27)/b11-10+. The van der Waals surface area contributed by atoms with Crippen molar-refractivity contribution in [3.63, 3.8) is 0 Å². The molecule has 0 saturated carbocycles. The van der Waals surface area contributed by atoms with E-state index >= 15 is 0 Å². The van der Waals surface area contributed by atoms with E-state index in [-0.39, 0.29) is 18.2 Å². The van der Waals surface area contributed by atoms with Crippen LogP contribution in [0.15, 0.2) is 65.6 Å². The zero-order valence-electron chi connectivity index (χ0n) is 15.9. The van der Waals surface area contributed by atoms with E-state index in [2.05, 4.69) is 5.32 Å². The number of anilines is 2. The van der Waals surface area contributed by atoms with Crippen LogP contribution in [-0.4, -0.2) is 41.2 Å². The Labute approximate surface area is 176 Å². The van der Waals surface area contributed by atoms with Gasteiger partial charge in [0, 0.05) is 29.2 Å². The zero-order valence-corrected chi connectivity index (χ0v) is 16.7. The molecule has 30 heavy (non-hydrogen) atoms. The number of carbonyl (C=O) groups is 4. The van der Waals surface area contributed by atoms with Gasteiger partial charge < -0.3 is 15.2 Å². The number of carbonyl (C=O) groups excluding carboxylic acids is 3. The first-order valence-electron chi connectivity index (χ1n) is 8.87. The Kier molecular flexibility index (Phi) is 6.53. The van der Waals surface area contributed by atoms with Gasteiger partial charge in [-0.1, -0.05) is 0 Å². The molecule has 1 aliphatic heterocycles. The summed E-state index contributed by atoms with van der Waals surface area (Å²) >= 11 is 1.27. The molecular weight excluding hydrogens is 408 g/mol. The summed E-state index contributed by atoms with van der Waals surface area (Å²) in [7, 11) is 1.54. The molecule has 1 saturated heterocycles. The number of benzene rings is 2. The molecule has 1 atom stereocenters. The van der Waals surface area contributed by atoms with Gasteiger partial charge in [-0.3, -0.25) is 14.4 Å². The lowest BCUT2D eigenvalue weighted by atomic mass is 10.3. The second-order valence-corrected chi connectivity index (χ2v) is 7.54. The third-order valence-corrected chi connectivity index (χ3v) is 5.41. The van der Waals surface area contributed by atoms with E-state index in [0.29, 0.717) is 17.1 Å². The fourth-order valence-electron chi connectivity index (χ4n) is 2.81. The highest BCUT2D eigenvalue weighted by molar-refractivity contribution is 8.00. The van der Waals surface area contributed by atoms with E-state index in [4.69, 9.17) is 9.84 Å². The van der Waals surface area contributed by atoms with Gasteiger partial charge in [-0.15, -0.1) is 11.8 Å². The number of carboxylic acid groups (broad SMARTS) is 1. The SMILES string of the molecule is COc1ccc(N2C(=O)CC(Sc3ccc(NC(=O)/C=C/C(=O)O)cc3)C2=O)cc1. The molecule has 1 heterocycles. The lowest BCUT2D eigenvalue weighted by Gasteiger charge is -2.15. The molecule has 2 aromatic carbocycles. The maximum absolute atomic E-state index is 12.8. The number of thioether (sulfide) groups is 1. The number of imide groups is 1. The Morgan fingerprint density at radius 2 is 1.77 bits per heavy atom. The largest absolute Gasteiger partial charge is 0.497 e. The van der Waals surface area contributed by atoms with Crippen molar-refractivity contribution in [3.8, 4) is 5.75 Å². The summed E-state index contributed by atoms with van der Waals surface area (Å²) in [6.45, 7) is 0. The van der Waals surface area contributed by atoms with Crippen LogP contribution >= 0.6 is 11.8 Å². The van der Waals surface area contributed by atoms with Gasteiger partial charge in [-0.2, -0.15) is 0 Å². The van der Waals surface area contributed by atoms with Gasteiger partial charge in [0.15, 0.2) is 0 Å². The molecule has 9 heteroatoms. The van der Waals surface area contributed by atoms with Crippen LogP contribution in [0.1, 0.15) is 6.42 Å². The van der Waals surface area contributed by atoms with Gasteiger partial charge in [-0.05, 0) is 48.5 Å². The molecule has 8 nitrogen and oxygen atoms in total. The molecule has 3 amide bonds. The molecule has 1 fully saturated rings. The Balaban J connectivity index is 1.63. The van der Waals surface area contributed by atoms with E-state index in [1.54, 1.807) is 48.5 Å². The lowest BCUT2D eigenvalue weighted by Crippen LogP contribution is -2.31. The minimum Gasteiger partial charge on any atom is -0.497 e. The summed E-state index contributed by atoms with van der Waals surface area (Å²) in [5.74, 6) is -1.70. The lowest BCUT2D eigenvalue weighted by molar-refractivity contribution is -0.131.